The molecule has 0 saturated heterocycles. The fraction of sp³-hybridized carbons (Fsp3) is 0.364. The van der Waals surface area contributed by atoms with Crippen LogP contribution in [0.5, 0.6) is 5.75 Å². The van der Waals surface area contributed by atoms with Crippen molar-refractivity contribution in [3.63, 3.8) is 0 Å². The Balaban J connectivity index is 2.15. The predicted molar refractivity (Wildman–Crippen MR) is 63.2 cm³/mol. The maximum absolute atomic E-state index is 9.22. The van der Waals surface area contributed by atoms with Crippen LogP contribution < -0.4 is 5.73 Å². The molecule has 0 unspecified atom stereocenters. The monoisotopic (exact) mass is 233 g/mol. The largest absolute Gasteiger partial charge is 0.508 e. The second-order valence-corrected chi connectivity index (χ2v) is 3.77. The second kappa shape index (κ2) is 5.40. The molecule has 0 fully saturated rings. The number of unbranched alkanes of at least 4 members (excludes halogenated alkanes) is 1. The van der Waals surface area contributed by atoms with Gasteiger partial charge in [-0.15, -0.1) is 5.10 Å². The van der Waals surface area contributed by atoms with Crippen molar-refractivity contribution in [3.05, 3.63) is 24.3 Å². The van der Waals surface area contributed by atoms with Crippen molar-refractivity contribution in [3.8, 4) is 17.1 Å². The smallest absolute Gasteiger partial charge is 0.182 e. The van der Waals surface area contributed by atoms with Gasteiger partial charge in [0.15, 0.2) is 5.82 Å². The molecule has 90 valence electrons. The molecule has 3 N–H and O–H groups in total. The van der Waals surface area contributed by atoms with Gasteiger partial charge in [0.1, 0.15) is 5.75 Å². The molecule has 0 aliphatic heterocycles. The third-order valence-electron chi connectivity index (χ3n) is 2.48. The molecule has 0 amide bonds. The molecule has 2 rings (SSSR count). The van der Waals surface area contributed by atoms with Crippen LogP contribution in [-0.4, -0.2) is 31.9 Å². The molecule has 0 atom stereocenters. The quantitative estimate of drug-likeness (QED) is 0.745. The van der Waals surface area contributed by atoms with E-state index < -0.39 is 0 Å². The first-order valence-corrected chi connectivity index (χ1v) is 5.57. The standard InChI is InChI=1S/C11H15N5O/c12-7-1-2-8-16-11(13-14-15-16)9-3-5-10(17)6-4-9/h3-6,17H,1-2,7-8,12H2. The van der Waals surface area contributed by atoms with Gasteiger partial charge in [-0.05, 0) is 54.1 Å². The van der Waals surface area contributed by atoms with Crippen LogP contribution in [0.4, 0.5) is 0 Å². The van der Waals surface area contributed by atoms with Crippen molar-refractivity contribution in [2.75, 3.05) is 6.54 Å². The van der Waals surface area contributed by atoms with Gasteiger partial charge >= 0.3 is 0 Å². The summed E-state index contributed by atoms with van der Waals surface area (Å²) in [5.74, 6) is 0.943. The van der Waals surface area contributed by atoms with Gasteiger partial charge in [0.2, 0.25) is 0 Å². The number of nitrogens with two attached hydrogens (primary N) is 1. The molecule has 0 saturated carbocycles. The van der Waals surface area contributed by atoms with Crippen molar-refractivity contribution in [1.82, 2.24) is 20.2 Å². The summed E-state index contributed by atoms with van der Waals surface area (Å²) in [6.07, 6.45) is 1.90. The number of aryl methyl sites for hydroxylation is 1. The van der Waals surface area contributed by atoms with E-state index in [0.29, 0.717) is 12.4 Å². The Labute approximate surface area is 99.1 Å². The number of aromatic nitrogens is 4. The van der Waals surface area contributed by atoms with E-state index in [-0.39, 0.29) is 5.75 Å². The highest BCUT2D eigenvalue weighted by Gasteiger charge is 2.08. The summed E-state index contributed by atoms with van der Waals surface area (Å²) in [5, 5.41) is 20.8. The summed E-state index contributed by atoms with van der Waals surface area (Å²) in [6.45, 7) is 1.43. The van der Waals surface area contributed by atoms with Crippen molar-refractivity contribution >= 4 is 0 Å². The number of hydrogen-bond acceptors (Lipinski definition) is 5. The Morgan fingerprint density at radius 1 is 1.18 bits per heavy atom. The Morgan fingerprint density at radius 2 is 1.94 bits per heavy atom. The van der Waals surface area contributed by atoms with Crippen LogP contribution in [0.15, 0.2) is 24.3 Å². The number of nitrogens with zero attached hydrogens (tertiary/aromatic N) is 4. The Kier molecular flexibility index (Phi) is 3.66. The molecule has 2 aromatic rings. The maximum Gasteiger partial charge on any atom is 0.182 e. The van der Waals surface area contributed by atoms with E-state index in [1.165, 1.54) is 0 Å². The predicted octanol–water partition coefficient (Wildman–Crippen LogP) is 0.785. The normalized spacial score (nSPS) is 10.6. The van der Waals surface area contributed by atoms with Gasteiger partial charge in [0.05, 0.1) is 0 Å². The van der Waals surface area contributed by atoms with Crippen LogP contribution in [0.2, 0.25) is 0 Å². The van der Waals surface area contributed by atoms with Crippen LogP contribution in [0.25, 0.3) is 11.4 Å². The summed E-state index contributed by atoms with van der Waals surface area (Å²) < 4.78 is 1.75. The topological polar surface area (TPSA) is 89.9 Å². The molecule has 17 heavy (non-hydrogen) atoms. The lowest BCUT2D eigenvalue weighted by Gasteiger charge is -2.04. The minimum absolute atomic E-state index is 0.232. The fourth-order valence-electron chi connectivity index (χ4n) is 1.58. The van der Waals surface area contributed by atoms with Gasteiger partial charge in [-0.25, -0.2) is 4.68 Å². The number of tetrazole rings is 1. The van der Waals surface area contributed by atoms with Gasteiger partial charge in [-0.2, -0.15) is 0 Å². The number of aromatic hydroxyl groups is 1. The lowest BCUT2D eigenvalue weighted by molar-refractivity contribution is 0.475. The molecular weight excluding hydrogens is 218 g/mol. The zero-order chi connectivity index (χ0) is 12.1. The minimum Gasteiger partial charge on any atom is -0.508 e. The molecule has 0 bridgehead atoms. The van der Waals surface area contributed by atoms with Crippen LogP contribution >= 0.6 is 0 Å². The average molecular weight is 233 g/mol. The molecule has 1 heterocycles. The summed E-state index contributed by atoms with van der Waals surface area (Å²) in [4.78, 5) is 0. The van der Waals surface area contributed by atoms with Crippen LogP contribution in [0, 0.1) is 0 Å². The molecule has 0 radical (unpaired) electrons. The number of rotatable bonds is 5. The molecule has 1 aromatic carbocycles. The summed E-state index contributed by atoms with van der Waals surface area (Å²) in [5.41, 5.74) is 6.33. The third-order valence-corrected chi connectivity index (χ3v) is 2.48. The van der Waals surface area contributed by atoms with Crippen LogP contribution in [0.1, 0.15) is 12.8 Å². The van der Waals surface area contributed by atoms with E-state index in [0.717, 1.165) is 24.9 Å². The minimum atomic E-state index is 0.232. The van der Waals surface area contributed by atoms with Crippen LogP contribution in [-0.2, 0) is 6.54 Å². The van der Waals surface area contributed by atoms with E-state index in [1.54, 1.807) is 28.9 Å². The first-order chi connectivity index (χ1) is 8.31. The Morgan fingerprint density at radius 3 is 2.65 bits per heavy atom. The van der Waals surface area contributed by atoms with Crippen molar-refractivity contribution in [2.24, 2.45) is 5.73 Å². The molecule has 6 heteroatoms. The van der Waals surface area contributed by atoms with Gasteiger partial charge in [-0.3, -0.25) is 0 Å². The number of phenols is 1. The lowest BCUT2D eigenvalue weighted by Crippen LogP contribution is -2.06. The van der Waals surface area contributed by atoms with E-state index in [1.807, 2.05) is 0 Å². The van der Waals surface area contributed by atoms with Gasteiger partial charge in [0.25, 0.3) is 0 Å². The average Bonchev–Trinajstić information content (AvgIpc) is 2.79. The Bertz CT molecular complexity index is 465. The number of phenolic OH excluding ortho intramolecular Hbond substituents is 1. The summed E-state index contributed by atoms with van der Waals surface area (Å²) in [6, 6.07) is 6.82. The molecule has 1 aromatic heterocycles. The summed E-state index contributed by atoms with van der Waals surface area (Å²) in [7, 11) is 0. The number of benzene rings is 1. The van der Waals surface area contributed by atoms with Crippen molar-refractivity contribution in [1.29, 1.82) is 0 Å². The highest BCUT2D eigenvalue weighted by molar-refractivity contribution is 5.55. The third kappa shape index (κ3) is 2.79. The van der Waals surface area contributed by atoms with E-state index in [9.17, 15) is 5.11 Å². The molecular formula is C11H15N5O. The van der Waals surface area contributed by atoms with Crippen molar-refractivity contribution < 1.29 is 5.11 Å². The summed E-state index contributed by atoms with van der Waals surface area (Å²) >= 11 is 0. The maximum atomic E-state index is 9.22. The highest BCUT2D eigenvalue weighted by atomic mass is 16.3. The zero-order valence-corrected chi connectivity index (χ0v) is 9.45. The van der Waals surface area contributed by atoms with Crippen LogP contribution in [0.3, 0.4) is 0 Å². The zero-order valence-electron chi connectivity index (χ0n) is 9.45. The fourth-order valence-corrected chi connectivity index (χ4v) is 1.58. The van der Waals surface area contributed by atoms with Crippen molar-refractivity contribution in [2.45, 2.75) is 19.4 Å². The molecule has 0 aliphatic carbocycles. The van der Waals surface area contributed by atoms with E-state index in [4.69, 9.17) is 5.73 Å². The first kappa shape index (κ1) is 11.5. The second-order valence-electron chi connectivity index (χ2n) is 3.77. The lowest BCUT2D eigenvalue weighted by atomic mass is 10.2. The molecule has 0 spiro atoms. The molecule has 0 aliphatic rings. The van der Waals surface area contributed by atoms with Gasteiger partial charge in [-0.1, -0.05) is 0 Å². The van der Waals surface area contributed by atoms with E-state index in [2.05, 4.69) is 15.5 Å². The first-order valence-electron chi connectivity index (χ1n) is 5.57. The molecule has 6 nitrogen and oxygen atoms in total. The van der Waals surface area contributed by atoms with E-state index >= 15 is 0 Å². The van der Waals surface area contributed by atoms with Gasteiger partial charge in [0, 0.05) is 12.1 Å². The highest BCUT2D eigenvalue weighted by Crippen LogP contribution is 2.19. The SMILES string of the molecule is NCCCCn1nnnc1-c1ccc(O)cc1. The number of hydrogen-bond donors (Lipinski definition) is 2. The van der Waals surface area contributed by atoms with Gasteiger partial charge < -0.3 is 10.8 Å². The Hall–Kier alpha value is -1.95.